The molecule has 0 N–H and O–H groups in total. The van der Waals surface area contributed by atoms with Crippen LogP contribution in [0.2, 0.25) is 5.02 Å². The Labute approximate surface area is 232 Å². The Morgan fingerprint density at radius 1 is 1.07 bits per heavy atom. The number of hydrogen-bond acceptors (Lipinski definition) is 7. The predicted octanol–water partition coefficient (Wildman–Crippen LogP) is 4.27. The molecule has 0 bridgehead atoms. The third kappa shape index (κ3) is 4.40. The summed E-state index contributed by atoms with van der Waals surface area (Å²) in [5, 5.41) is 18.9. The SMILES string of the molecule is N#Cc1nc(N2CC3(CC(c4nnc5n4-c4ccc(Cl)cc4CN(C4CN(CC(F)(F)F)C4)C5)C3)C2)ccc1F. The largest absolute Gasteiger partial charge is 0.401 e. The molecular weight excluding hydrogens is 548 g/mol. The minimum absolute atomic E-state index is 0.00423. The molecule has 1 saturated carbocycles. The molecule has 4 aliphatic rings. The van der Waals surface area contributed by atoms with E-state index in [4.69, 9.17) is 16.9 Å². The third-order valence-electron chi connectivity index (χ3n) is 8.65. The van der Waals surface area contributed by atoms with Gasteiger partial charge in [0.1, 0.15) is 17.7 Å². The van der Waals surface area contributed by atoms with Crippen molar-refractivity contribution in [1.29, 1.82) is 5.26 Å². The number of aromatic nitrogens is 4. The van der Waals surface area contributed by atoms with Gasteiger partial charge in [-0.05, 0) is 48.7 Å². The lowest BCUT2D eigenvalue weighted by molar-refractivity contribution is -0.161. The van der Waals surface area contributed by atoms with Crippen LogP contribution in [0.25, 0.3) is 5.69 Å². The zero-order chi connectivity index (χ0) is 27.8. The van der Waals surface area contributed by atoms with Crippen LogP contribution in [0.15, 0.2) is 30.3 Å². The molecule has 5 heterocycles. The van der Waals surface area contributed by atoms with Crippen LogP contribution in [0.3, 0.4) is 0 Å². The number of benzene rings is 1. The van der Waals surface area contributed by atoms with Crippen molar-refractivity contribution in [3.8, 4) is 11.8 Å². The molecule has 13 heteroatoms. The number of hydrogen-bond donors (Lipinski definition) is 0. The van der Waals surface area contributed by atoms with E-state index in [1.165, 1.54) is 11.0 Å². The number of halogens is 5. The van der Waals surface area contributed by atoms with Gasteiger partial charge in [-0.15, -0.1) is 10.2 Å². The van der Waals surface area contributed by atoms with E-state index in [0.29, 0.717) is 37.0 Å². The van der Waals surface area contributed by atoms with Crippen molar-refractivity contribution in [3.63, 3.8) is 0 Å². The fourth-order valence-corrected chi connectivity index (χ4v) is 6.96. The smallest absolute Gasteiger partial charge is 0.355 e. The first-order chi connectivity index (χ1) is 19.1. The number of fused-ring (bicyclic) bond motifs is 3. The van der Waals surface area contributed by atoms with Crippen LogP contribution in [-0.2, 0) is 13.1 Å². The van der Waals surface area contributed by atoms with Crippen molar-refractivity contribution < 1.29 is 17.6 Å². The summed E-state index contributed by atoms with van der Waals surface area (Å²) in [6.45, 7) is 2.45. The van der Waals surface area contributed by atoms with Crippen molar-refractivity contribution >= 4 is 17.4 Å². The first-order valence-electron chi connectivity index (χ1n) is 13.2. The second kappa shape index (κ2) is 9.12. The number of nitrogens with zero attached hydrogens (tertiary/aromatic N) is 8. The van der Waals surface area contributed by atoms with E-state index >= 15 is 0 Å². The molecule has 208 valence electrons. The van der Waals surface area contributed by atoms with E-state index in [2.05, 4.69) is 29.5 Å². The van der Waals surface area contributed by atoms with E-state index in [9.17, 15) is 17.6 Å². The van der Waals surface area contributed by atoms with Crippen LogP contribution in [0.1, 0.15) is 41.7 Å². The average Bonchev–Trinajstić information content (AvgIpc) is 3.15. The van der Waals surface area contributed by atoms with Gasteiger partial charge in [-0.3, -0.25) is 14.4 Å². The van der Waals surface area contributed by atoms with Gasteiger partial charge in [-0.1, -0.05) is 11.6 Å². The molecule has 3 aromatic rings. The maximum atomic E-state index is 13.7. The van der Waals surface area contributed by atoms with Gasteiger partial charge in [0.25, 0.3) is 0 Å². The van der Waals surface area contributed by atoms with E-state index in [-0.39, 0.29) is 23.1 Å². The van der Waals surface area contributed by atoms with Gasteiger partial charge in [-0.2, -0.15) is 18.4 Å². The summed E-state index contributed by atoms with van der Waals surface area (Å²) in [4.78, 5) is 9.81. The topological polar surface area (TPSA) is 77.1 Å². The molecule has 40 heavy (non-hydrogen) atoms. The van der Waals surface area contributed by atoms with E-state index in [0.717, 1.165) is 48.8 Å². The summed E-state index contributed by atoms with van der Waals surface area (Å²) in [6, 6.07) is 10.4. The summed E-state index contributed by atoms with van der Waals surface area (Å²) in [5.74, 6) is 1.87. The van der Waals surface area contributed by atoms with Crippen LogP contribution in [-0.4, -0.2) is 74.5 Å². The van der Waals surface area contributed by atoms with Gasteiger partial charge in [0.05, 0.1) is 18.8 Å². The highest BCUT2D eigenvalue weighted by molar-refractivity contribution is 6.30. The Bertz CT molecular complexity index is 1510. The number of likely N-dealkylation sites (tertiary alicyclic amines) is 1. The lowest BCUT2D eigenvalue weighted by atomic mass is 9.57. The molecular formula is C27H25ClF4N8. The fraction of sp³-hybridized carbons (Fsp3) is 0.481. The zero-order valence-electron chi connectivity index (χ0n) is 21.4. The molecule has 2 saturated heterocycles. The van der Waals surface area contributed by atoms with Crippen molar-refractivity contribution in [2.24, 2.45) is 5.41 Å². The van der Waals surface area contributed by atoms with Gasteiger partial charge in [0, 0.05) is 55.1 Å². The van der Waals surface area contributed by atoms with Crippen molar-refractivity contribution in [2.45, 2.75) is 44.1 Å². The van der Waals surface area contributed by atoms with Crippen molar-refractivity contribution in [1.82, 2.24) is 29.5 Å². The number of nitriles is 1. The minimum Gasteiger partial charge on any atom is -0.355 e. The van der Waals surface area contributed by atoms with Crippen LogP contribution in [0, 0.1) is 22.6 Å². The monoisotopic (exact) mass is 572 g/mol. The molecule has 7 rings (SSSR count). The maximum absolute atomic E-state index is 13.7. The number of pyridine rings is 1. The molecule has 0 radical (unpaired) electrons. The van der Waals surface area contributed by atoms with E-state index in [1.807, 2.05) is 18.2 Å². The first kappa shape index (κ1) is 25.7. The van der Waals surface area contributed by atoms with Crippen LogP contribution in [0.4, 0.5) is 23.4 Å². The van der Waals surface area contributed by atoms with Crippen LogP contribution in [0.5, 0.6) is 0 Å². The second-order valence-electron chi connectivity index (χ2n) is 11.5. The highest BCUT2D eigenvalue weighted by atomic mass is 35.5. The summed E-state index contributed by atoms with van der Waals surface area (Å²) in [5.41, 5.74) is 1.89. The predicted molar refractivity (Wildman–Crippen MR) is 137 cm³/mol. The molecule has 1 spiro atoms. The van der Waals surface area contributed by atoms with Crippen LogP contribution < -0.4 is 4.90 Å². The molecule has 0 amide bonds. The highest BCUT2D eigenvalue weighted by Crippen LogP contribution is 2.56. The fourth-order valence-electron chi connectivity index (χ4n) is 6.77. The number of rotatable bonds is 4. The zero-order valence-corrected chi connectivity index (χ0v) is 22.1. The van der Waals surface area contributed by atoms with Crippen LogP contribution >= 0.6 is 11.6 Å². The van der Waals surface area contributed by atoms with Gasteiger partial charge < -0.3 is 4.90 Å². The lowest BCUT2D eigenvalue weighted by Gasteiger charge is -2.59. The summed E-state index contributed by atoms with van der Waals surface area (Å²) >= 11 is 6.36. The van der Waals surface area contributed by atoms with Gasteiger partial charge in [-0.25, -0.2) is 9.37 Å². The summed E-state index contributed by atoms with van der Waals surface area (Å²) < 4.78 is 54.3. The number of alkyl halides is 3. The Kier molecular flexibility index (Phi) is 5.86. The van der Waals surface area contributed by atoms with Crippen molar-refractivity contribution in [3.05, 3.63) is 64.1 Å². The molecule has 3 fully saturated rings. The molecule has 0 unspecified atom stereocenters. The Balaban J connectivity index is 1.08. The maximum Gasteiger partial charge on any atom is 0.401 e. The number of anilines is 1. The molecule has 1 aromatic carbocycles. The Hall–Kier alpha value is -3.27. The van der Waals surface area contributed by atoms with E-state index < -0.39 is 18.5 Å². The first-order valence-corrected chi connectivity index (χ1v) is 13.6. The molecule has 2 aromatic heterocycles. The quantitative estimate of drug-likeness (QED) is 0.432. The second-order valence-corrected chi connectivity index (χ2v) is 12.0. The van der Waals surface area contributed by atoms with Gasteiger partial charge in [0.2, 0.25) is 0 Å². The molecule has 1 aliphatic carbocycles. The van der Waals surface area contributed by atoms with Gasteiger partial charge >= 0.3 is 6.18 Å². The molecule has 3 aliphatic heterocycles. The average molecular weight is 573 g/mol. The van der Waals surface area contributed by atoms with Crippen molar-refractivity contribution in [2.75, 3.05) is 37.6 Å². The molecule has 0 atom stereocenters. The standard InChI is InChI=1S/C27H25ClF4N8/c28-18-1-3-22-16(5-18)9-38(19-10-37(11-19)15-27(30,31)32)12-24-35-36-25(40(22)24)17-6-26(7-17)13-39(14-26)23-4-2-20(29)21(8-33)34-23/h1-5,17,19H,6-7,9-15H2. The highest BCUT2D eigenvalue weighted by Gasteiger charge is 2.54. The molecule has 8 nitrogen and oxygen atoms in total. The summed E-state index contributed by atoms with van der Waals surface area (Å²) in [6.07, 6.45) is -2.35. The Morgan fingerprint density at radius 3 is 2.58 bits per heavy atom. The minimum atomic E-state index is -4.20. The van der Waals surface area contributed by atoms with Gasteiger partial charge in [0.15, 0.2) is 17.3 Å². The van der Waals surface area contributed by atoms with E-state index in [1.54, 1.807) is 12.1 Å². The normalized spacial score (nSPS) is 21.1. The third-order valence-corrected chi connectivity index (χ3v) is 8.89. The lowest BCUT2D eigenvalue weighted by Crippen LogP contribution is -2.62. The summed E-state index contributed by atoms with van der Waals surface area (Å²) in [7, 11) is 0. The Morgan fingerprint density at radius 2 is 1.85 bits per heavy atom.